The molecule has 9 heavy (non-hydrogen) atoms. The quantitative estimate of drug-likeness (QED) is 0.515. The van der Waals surface area contributed by atoms with Crippen molar-refractivity contribution in [2.24, 2.45) is 0 Å². The molecule has 1 fully saturated rings. The molecule has 0 aliphatic carbocycles. The highest BCUT2D eigenvalue weighted by Gasteiger charge is 2.17. The minimum absolute atomic E-state index is 0.470. The fraction of sp³-hybridized carbons (Fsp3) is 1.00. The summed E-state index contributed by atoms with van der Waals surface area (Å²) in [6.07, 6.45) is 0. The van der Waals surface area contributed by atoms with Gasteiger partial charge in [-0.15, -0.1) is 0 Å². The molecule has 0 saturated carbocycles. The highest BCUT2D eigenvalue weighted by Crippen LogP contribution is 2.02. The SMILES string of the molecule is FC(F)N1CCNCC1. The molecule has 1 rings (SSSR count). The Morgan fingerprint density at radius 1 is 1.22 bits per heavy atom. The van der Waals surface area contributed by atoms with Gasteiger partial charge in [0.1, 0.15) is 0 Å². The first kappa shape index (κ1) is 6.89. The Morgan fingerprint density at radius 2 is 1.78 bits per heavy atom. The fourth-order valence-electron chi connectivity index (χ4n) is 0.877. The van der Waals surface area contributed by atoms with E-state index in [-0.39, 0.29) is 0 Å². The first-order valence-corrected chi connectivity index (χ1v) is 3.03. The third kappa shape index (κ3) is 1.87. The number of nitrogens with zero attached hydrogens (tertiary/aromatic N) is 1. The molecule has 0 atom stereocenters. The Hall–Kier alpha value is -0.220. The van der Waals surface area contributed by atoms with E-state index in [4.69, 9.17) is 0 Å². The Labute approximate surface area is 52.8 Å². The zero-order chi connectivity index (χ0) is 6.69. The molecule has 1 aliphatic rings. The maximum Gasteiger partial charge on any atom is 0.294 e. The fourth-order valence-corrected chi connectivity index (χ4v) is 0.877. The van der Waals surface area contributed by atoms with Crippen LogP contribution in [0.4, 0.5) is 8.78 Å². The van der Waals surface area contributed by atoms with Crippen molar-refractivity contribution in [3.63, 3.8) is 0 Å². The number of hydrogen-bond donors (Lipinski definition) is 1. The van der Waals surface area contributed by atoms with E-state index in [9.17, 15) is 8.78 Å². The lowest BCUT2D eigenvalue weighted by atomic mass is 10.4. The Bertz CT molecular complexity index is 81.0. The number of rotatable bonds is 1. The molecule has 0 aromatic heterocycles. The average Bonchev–Trinajstić information content (AvgIpc) is 1.90. The van der Waals surface area contributed by atoms with Gasteiger partial charge in [-0.2, -0.15) is 8.78 Å². The van der Waals surface area contributed by atoms with Gasteiger partial charge in [0, 0.05) is 26.2 Å². The zero-order valence-electron chi connectivity index (χ0n) is 5.11. The summed E-state index contributed by atoms with van der Waals surface area (Å²) in [6.45, 7) is 0.0383. The monoisotopic (exact) mass is 136 g/mol. The number of hydrogen-bond acceptors (Lipinski definition) is 2. The molecule has 0 unspecified atom stereocenters. The van der Waals surface area contributed by atoms with Crippen LogP contribution in [0, 0.1) is 0 Å². The molecule has 1 aliphatic heterocycles. The zero-order valence-corrected chi connectivity index (χ0v) is 5.11. The molecular weight excluding hydrogens is 126 g/mol. The van der Waals surface area contributed by atoms with Crippen LogP contribution >= 0.6 is 0 Å². The Balaban J connectivity index is 2.23. The van der Waals surface area contributed by atoms with Crippen molar-refractivity contribution in [1.82, 2.24) is 10.2 Å². The summed E-state index contributed by atoms with van der Waals surface area (Å²) in [4.78, 5) is 1.16. The van der Waals surface area contributed by atoms with Crippen molar-refractivity contribution < 1.29 is 8.78 Å². The lowest BCUT2D eigenvalue weighted by Crippen LogP contribution is -2.45. The third-order valence-electron chi connectivity index (χ3n) is 1.43. The minimum atomic E-state index is -2.27. The van der Waals surface area contributed by atoms with Crippen molar-refractivity contribution in [2.45, 2.75) is 6.55 Å². The summed E-state index contributed by atoms with van der Waals surface area (Å²) >= 11 is 0. The van der Waals surface area contributed by atoms with Crippen molar-refractivity contribution >= 4 is 0 Å². The van der Waals surface area contributed by atoms with Crippen LogP contribution in [0.3, 0.4) is 0 Å². The number of piperazine rings is 1. The molecule has 1 N–H and O–H groups in total. The van der Waals surface area contributed by atoms with Crippen LogP contribution in [-0.2, 0) is 0 Å². The van der Waals surface area contributed by atoms with E-state index in [0.29, 0.717) is 26.2 Å². The molecule has 0 bridgehead atoms. The standard InChI is InChI=1S/C5H10F2N2/c6-5(7)9-3-1-8-2-4-9/h5,8H,1-4H2. The third-order valence-corrected chi connectivity index (χ3v) is 1.43. The lowest BCUT2D eigenvalue weighted by molar-refractivity contribution is -0.0328. The van der Waals surface area contributed by atoms with Gasteiger partial charge in [-0.1, -0.05) is 0 Å². The molecule has 0 radical (unpaired) electrons. The first-order chi connectivity index (χ1) is 4.30. The van der Waals surface area contributed by atoms with E-state index in [1.165, 1.54) is 0 Å². The predicted octanol–water partition coefficient (Wildman–Crippen LogP) is 0.114. The summed E-state index contributed by atoms with van der Waals surface area (Å²) in [6, 6.07) is 0. The maximum atomic E-state index is 11.8. The van der Waals surface area contributed by atoms with E-state index >= 15 is 0 Å². The number of nitrogens with one attached hydrogen (secondary N) is 1. The van der Waals surface area contributed by atoms with Gasteiger partial charge >= 0.3 is 0 Å². The van der Waals surface area contributed by atoms with Crippen molar-refractivity contribution in [1.29, 1.82) is 0 Å². The molecule has 4 heteroatoms. The highest BCUT2D eigenvalue weighted by molar-refractivity contribution is 4.65. The van der Waals surface area contributed by atoms with E-state index in [1.54, 1.807) is 0 Å². The molecule has 54 valence electrons. The highest BCUT2D eigenvalue weighted by atomic mass is 19.3. The molecule has 0 amide bonds. The molecule has 0 aromatic carbocycles. The van der Waals surface area contributed by atoms with Crippen LogP contribution in [0.25, 0.3) is 0 Å². The van der Waals surface area contributed by atoms with Gasteiger partial charge in [-0.05, 0) is 0 Å². The number of halogens is 2. The van der Waals surface area contributed by atoms with E-state index in [1.807, 2.05) is 0 Å². The summed E-state index contributed by atoms with van der Waals surface area (Å²) in [7, 11) is 0. The Kier molecular flexibility index (Phi) is 2.36. The molecule has 1 heterocycles. The largest absolute Gasteiger partial charge is 0.314 e. The van der Waals surface area contributed by atoms with Gasteiger partial charge in [0.15, 0.2) is 0 Å². The van der Waals surface area contributed by atoms with Gasteiger partial charge in [-0.25, -0.2) is 4.90 Å². The smallest absolute Gasteiger partial charge is 0.294 e. The normalized spacial score (nSPS) is 23.0. The van der Waals surface area contributed by atoms with Gasteiger partial charge in [0.05, 0.1) is 0 Å². The summed E-state index contributed by atoms with van der Waals surface area (Å²) in [5, 5.41) is 2.99. The lowest BCUT2D eigenvalue weighted by Gasteiger charge is -2.25. The van der Waals surface area contributed by atoms with E-state index in [2.05, 4.69) is 5.32 Å². The average molecular weight is 136 g/mol. The Morgan fingerprint density at radius 3 is 2.11 bits per heavy atom. The van der Waals surface area contributed by atoms with Crippen LogP contribution < -0.4 is 5.32 Å². The van der Waals surface area contributed by atoms with Gasteiger partial charge < -0.3 is 5.32 Å². The van der Waals surface area contributed by atoms with Crippen molar-refractivity contribution in [2.75, 3.05) is 26.2 Å². The summed E-state index contributed by atoms with van der Waals surface area (Å²) in [5.74, 6) is 0. The summed E-state index contributed by atoms with van der Waals surface area (Å²) < 4.78 is 23.6. The number of alkyl halides is 2. The molecule has 0 spiro atoms. The van der Waals surface area contributed by atoms with Gasteiger partial charge in [0.25, 0.3) is 6.55 Å². The second-order valence-electron chi connectivity index (χ2n) is 2.06. The molecule has 2 nitrogen and oxygen atoms in total. The predicted molar refractivity (Wildman–Crippen MR) is 30.4 cm³/mol. The van der Waals surface area contributed by atoms with Crippen LogP contribution in [0.15, 0.2) is 0 Å². The van der Waals surface area contributed by atoms with Gasteiger partial charge in [0.2, 0.25) is 0 Å². The van der Waals surface area contributed by atoms with Crippen molar-refractivity contribution in [3.8, 4) is 0 Å². The topological polar surface area (TPSA) is 15.3 Å². The van der Waals surface area contributed by atoms with Crippen molar-refractivity contribution in [3.05, 3.63) is 0 Å². The second-order valence-corrected chi connectivity index (χ2v) is 2.06. The summed E-state index contributed by atoms with van der Waals surface area (Å²) in [5.41, 5.74) is 0. The van der Waals surface area contributed by atoms with Gasteiger partial charge in [-0.3, -0.25) is 0 Å². The van der Waals surface area contributed by atoms with Crippen LogP contribution in [0.1, 0.15) is 0 Å². The minimum Gasteiger partial charge on any atom is -0.314 e. The van der Waals surface area contributed by atoms with E-state index in [0.717, 1.165) is 4.90 Å². The second kappa shape index (κ2) is 3.08. The first-order valence-electron chi connectivity index (χ1n) is 3.03. The molecule has 0 aromatic rings. The van der Waals surface area contributed by atoms with Crippen LogP contribution in [-0.4, -0.2) is 37.6 Å². The molecular formula is C5H10F2N2. The van der Waals surface area contributed by atoms with E-state index < -0.39 is 6.55 Å². The van der Waals surface area contributed by atoms with Crippen LogP contribution in [0.2, 0.25) is 0 Å². The maximum absolute atomic E-state index is 11.8. The molecule has 1 saturated heterocycles. The van der Waals surface area contributed by atoms with Crippen LogP contribution in [0.5, 0.6) is 0 Å².